The zero-order valence-corrected chi connectivity index (χ0v) is 18.3. The summed E-state index contributed by atoms with van der Waals surface area (Å²) in [5.74, 6) is 0.475. The van der Waals surface area contributed by atoms with Crippen LogP contribution in [0.3, 0.4) is 0 Å². The molecule has 152 valence electrons. The fourth-order valence-corrected chi connectivity index (χ4v) is 3.42. The lowest BCUT2D eigenvalue weighted by Crippen LogP contribution is -2.41. The van der Waals surface area contributed by atoms with Crippen LogP contribution in [0.25, 0.3) is 10.9 Å². The van der Waals surface area contributed by atoms with E-state index in [1.807, 2.05) is 36.2 Å². The maximum Gasteiger partial charge on any atom is 0.253 e. The number of hydrogen-bond acceptors (Lipinski definition) is 3. The van der Waals surface area contributed by atoms with E-state index < -0.39 is 0 Å². The third-order valence-corrected chi connectivity index (χ3v) is 5.44. The first-order valence-electron chi connectivity index (χ1n) is 9.89. The Hall–Kier alpha value is -2.73. The predicted octanol–water partition coefficient (Wildman–Crippen LogP) is 4.07. The van der Waals surface area contributed by atoms with E-state index in [2.05, 4.69) is 48.2 Å². The second-order valence-corrected chi connectivity index (χ2v) is 8.28. The number of nitrogens with zero attached hydrogens (tertiary/aromatic N) is 2. The minimum atomic E-state index is -0.0750. The van der Waals surface area contributed by atoms with Gasteiger partial charge in [0.1, 0.15) is 0 Å². The zero-order chi connectivity index (χ0) is 21.0. The standard InChI is InChI=1S/C23H28N4OS/c1-15(2)11-25-23(29)27(13-18-6-5-9-24-12-18)14-20-10-19-8-7-16(3)17(4)21(19)26-22(20)28/h5-10,12,15H,11,13-14H2,1-4H3,(H,25,29)(H,26,28). The largest absolute Gasteiger partial charge is 0.362 e. The Bertz CT molecular complexity index is 1060. The molecule has 0 amide bonds. The first-order valence-corrected chi connectivity index (χ1v) is 10.3. The van der Waals surface area contributed by atoms with Crippen molar-refractivity contribution in [3.05, 3.63) is 75.3 Å². The van der Waals surface area contributed by atoms with Gasteiger partial charge < -0.3 is 15.2 Å². The highest BCUT2D eigenvalue weighted by atomic mass is 32.1. The molecule has 0 fully saturated rings. The van der Waals surface area contributed by atoms with Crippen molar-refractivity contribution in [2.45, 2.75) is 40.8 Å². The molecule has 29 heavy (non-hydrogen) atoms. The molecule has 0 saturated heterocycles. The minimum absolute atomic E-state index is 0.0750. The van der Waals surface area contributed by atoms with Crippen molar-refractivity contribution >= 4 is 28.2 Å². The van der Waals surface area contributed by atoms with Crippen LogP contribution in [-0.2, 0) is 13.1 Å². The van der Waals surface area contributed by atoms with E-state index in [0.29, 0.717) is 29.7 Å². The fraction of sp³-hybridized carbons (Fsp3) is 0.348. The smallest absolute Gasteiger partial charge is 0.253 e. The van der Waals surface area contributed by atoms with E-state index in [4.69, 9.17) is 12.2 Å². The van der Waals surface area contributed by atoms with Gasteiger partial charge in [-0.15, -0.1) is 0 Å². The van der Waals surface area contributed by atoms with Crippen LogP contribution >= 0.6 is 12.2 Å². The number of pyridine rings is 2. The van der Waals surface area contributed by atoms with Crippen LogP contribution in [0, 0.1) is 19.8 Å². The SMILES string of the molecule is Cc1ccc2cc(CN(Cc3cccnc3)C(=S)NCC(C)C)c(=O)[nH]c2c1C. The number of H-pyrrole nitrogens is 1. The van der Waals surface area contributed by atoms with Crippen molar-refractivity contribution in [3.63, 3.8) is 0 Å². The number of aromatic amines is 1. The molecule has 5 nitrogen and oxygen atoms in total. The summed E-state index contributed by atoms with van der Waals surface area (Å²) in [4.78, 5) is 22.1. The third-order valence-electron chi connectivity index (χ3n) is 5.03. The first-order chi connectivity index (χ1) is 13.8. The number of rotatable bonds is 6. The number of aryl methyl sites for hydroxylation is 2. The second kappa shape index (κ2) is 9.18. The van der Waals surface area contributed by atoms with Gasteiger partial charge in [0.05, 0.1) is 12.1 Å². The van der Waals surface area contributed by atoms with Crippen LogP contribution in [-0.4, -0.2) is 26.5 Å². The van der Waals surface area contributed by atoms with Crippen molar-refractivity contribution in [2.75, 3.05) is 6.54 Å². The van der Waals surface area contributed by atoms with Crippen molar-refractivity contribution in [1.29, 1.82) is 0 Å². The maximum absolute atomic E-state index is 12.8. The van der Waals surface area contributed by atoms with Gasteiger partial charge >= 0.3 is 0 Å². The normalized spacial score (nSPS) is 11.1. The predicted molar refractivity (Wildman–Crippen MR) is 123 cm³/mol. The molecule has 3 aromatic rings. The summed E-state index contributed by atoms with van der Waals surface area (Å²) < 4.78 is 0. The van der Waals surface area contributed by atoms with Crippen LogP contribution < -0.4 is 10.9 Å². The molecule has 2 N–H and O–H groups in total. The molecule has 1 aromatic carbocycles. The van der Waals surface area contributed by atoms with Crippen molar-refractivity contribution < 1.29 is 0 Å². The van der Waals surface area contributed by atoms with Gasteiger partial charge in [-0.25, -0.2) is 0 Å². The van der Waals surface area contributed by atoms with Crippen LogP contribution in [0.5, 0.6) is 0 Å². The van der Waals surface area contributed by atoms with Gasteiger partial charge in [0.25, 0.3) is 5.56 Å². The highest BCUT2D eigenvalue weighted by molar-refractivity contribution is 7.80. The van der Waals surface area contributed by atoms with Gasteiger partial charge in [-0.2, -0.15) is 0 Å². The molecule has 0 aliphatic carbocycles. The Morgan fingerprint density at radius 2 is 2.03 bits per heavy atom. The quantitative estimate of drug-likeness (QED) is 0.602. The van der Waals surface area contributed by atoms with E-state index in [1.165, 1.54) is 0 Å². The van der Waals surface area contributed by atoms with Crippen molar-refractivity contribution in [2.24, 2.45) is 5.92 Å². The van der Waals surface area contributed by atoms with Gasteiger partial charge in [-0.05, 0) is 66.2 Å². The van der Waals surface area contributed by atoms with E-state index in [1.54, 1.807) is 6.20 Å². The third kappa shape index (κ3) is 5.21. The fourth-order valence-electron chi connectivity index (χ4n) is 3.21. The van der Waals surface area contributed by atoms with Crippen molar-refractivity contribution in [1.82, 2.24) is 20.2 Å². The summed E-state index contributed by atoms with van der Waals surface area (Å²) in [7, 11) is 0. The highest BCUT2D eigenvalue weighted by Crippen LogP contribution is 2.19. The lowest BCUT2D eigenvalue weighted by Gasteiger charge is -2.26. The molecule has 0 atom stereocenters. The first kappa shape index (κ1) is 21.0. The van der Waals surface area contributed by atoms with E-state index >= 15 is 0 Å². The highest BCUT2D eigenvalue weighted by Gasteiger charge is 2.15. The summed E-state index contributed by atoms with van der Waals surface area (Å²) in [6, 6.07) is 10.0. The molecular weight excluding hydrogens is 380 g/mol. The van der Waals surface area contributed by atoms with E-state index in [9.17, 15) is 4.79 Å². The zero-order valence-electron chi connectivity index (χ0n) is 17.5. The summed E-state index contributed by atoms with van der Waals surface area (Å²) in [6.45, 7) is 10.2. The molecule has 0 saturated carbocycles. The summed E-state index contributed by atoms with van der Waals surface area (Å²) >= 11 is 5.65. The molecule has 0 aliphatic rings. The minimum Gasteiger partial charge on any atom is -0.362 e. The number of benzene rings is 1. The molecule has 0 unspecified atom stereocenters. The lowest BCUT2D eigenvalue weighted by molar-refractivity contribution is 0.393. The Balaban J connectivity index is 1.92. The maximum atomic E-state index is 12.8. The summed E-state index contributed by atoms with van der Waals surface area (Å²) in [5, 5.41) is 4.99. The molecular formula is C23H28N4OS. The second-order valence-electron chi connectivity index (χ2n) is 7.89. The molecule has 0 radical (unpaired) electrons. The summed E-state index contributed by atoms with van der Waals surface area (Å²) in [5.41, 5.74) is 4.83. The van der Waals surface area contributed by atoms with E-state index in [0.717, 1.165) is 34.1 Å². The van der Waals surface area contributed by atoms with Gasteiger partial charge in [0, 0.05) is 31.0 Å². The molecule has 3 rings (SSSR count). The average Bonchev–Trinajstić information content (AvgIpc) is 2.70. The number of thiocarbonyl (C=S) groups is 1. The molecule has 0 bridgehead atoms. The lowest BCUT2D eigenvalue weighted by atomic mass is 10.0. The number of aromatic nitrogens is 2. The Morgan fingerprint density at radius 1 is 1.24 bits per heavy atom. The molecule has 0 aliphatic heterocycles. The van der Waals surface area contributed by atoms with Crippen LogP contribution in [0.4, 0.5) is 0 Å². The van der Waals surface area contributed by atoms with Crippen LogP contribution in [0.1, 0.15) is 36.1 Å². The Labute approximate surface area is 177 Å². The average molecular weight is 409 g/mol. The van der Waals surface area contributed by atoms with Crippen LogP contribution in [0.15, 0.2) is 47.5 Å². The molecule has 0 spiro atoms. The van der Waals surface area contributed by atoms with Crippen molar-refractivity contribution in [3.8, 4) is 0 Å². The van der Waals surface area contributed by atoms with Gasteiger partial charge in [-0.3, -0.25) is 9.78 Å². The van der Waals surface area contributed by atoms with Crippen LogP contribution in [0.2, 0.25) is 0 Å². The Morgan fingerprint density at radius 3 is 2.72 bits per heavy atom. The topological polar surface area (TPSA) is 61.0 Å². The monoisotopic (exact) mass is 408 g/mol. The summed E-state index contributed by atoms with van der Waals surface area (Å²) in [6.07, 6.45) is 3.58. The van der Waals surface area contributed by atoms with Gasteiger partial charge in [0.2, 0.25) is 0 Å². The molecule has 2 heterocycles. The number of hydrogen-bond donors (Lipinski definition) is 2. The van der Waals surface area contributed by atoms with Gasteiger partial charge in [0.15, 0.2) is 5.11 Å². The van der Waals surface area contributed by atoms with Gasteiger partial charge in [-0.1, -0.05) is 32.0 Å². The molecule has 6 heteroatoms. The molecule has 2 aromatic heterocycles. The Kier molecular flexibility index (Phi) is 6.64. The number of fused-ring (bicyclic) bond motifs is 1. The van der Waals surface area contributed by atoms with E-state index in [-0.39, 0.29) is 5.56 Å². The number of nitrogens with one attached hydrogen (secondary N) is 2.